The van der Waals surface area contributed by atoms with E-state index >= 15 is 0 Å². The van der Waals surface area contributed by atoms with Gasteiger partial charge in [0, 0.05) is 9.97 Å². The lowest BCUT2D eigenvalue weighted by molar-refractivity contribution is 0.276. The van der Waals surface area contributed by atoms with Gasteiger partial charge in [-0.05, 0) is 49.9 Å². The van der Waals surface area contributed by atoms with Gasteiger partial charge in [0.1, 0.15) is 0 Å². The minimum atomic E-state index is 0.487. The highest BCUT2D eigenvalue weighted by atomic mass is 127. The molecule has 120 valence electrons. The molecule has 0 radical (unpaired) electrons. The standard InChI is InChI=1S/C18H36IN/c1-4-6-9-16(19)10-7-8-15(5-2)13-17-14(3)11-12-18(17)20/h14-18H,4-13,20H2,1-3H3/t14-,15-,16-,17?,18?/m1/s1. The number of nitrogens with two attached hydrogens (primary N) is 1. The minimum Gasteiger partial charge on any atom is -0.327 e. The lowest BCUT2D eigenvalue weighted by atomic mass is 9.82. The van der Waals surface area contributed by atoms with Crippen LogP contribution in [0, 0.1) is 17.8 Å². The molecule has 0 amide bonds. The molecular formula is C18H36IN. The molecule has 2 N–H and O–H groups in total. The number of rotatable bonds is 10. The summed E-state index contributed by atoms with van der Waals surface area (Å²) in [4.78, 5) is 0. The van der Waals surface area contributed by atoms with Gasteiger partial charge in [0.2, 0.25) is 0 Å². The van der Waals surface area contributed by atoms with E-state index in [9.17, 15) is 0 Å². The van der Waals surface area contributed by atoms with Crippen molar-refractivity contribution in [1.82, 2.24) is 0 Å². The van der Waals surface area contributed by atoms with Crippen LogP contribution >= 0.6 is 22.6 Å². The van der Waals surface area contributed by atoms with Gasteiger partial charge >= 0.3 is 0 Å². The van der Waals surface area contributed by atoms with Gasteiger partial charge in [0.25, 0.3) is 0 Å². The Morgan fingerprint density at radius 1 is 1.10 bits per heavy atom. The summed E-state index contributed by atoms with van der Waals surface area (Å²) in [6, 6.07) is 0.487. The van der Waals surface area contributed by atoms with Gasteiger partial charge in [0.05, 0.1) is 0 Å². The summed E-state index contributed by atoms with van der Waals surface area (Å²) in [7, 11) is 0. The highest BCUT2D eigenvalue weighted by Crippen LogP contribution is 2.37. The molecule has 1 saturated carbocycles. The Balaban J connectivity index is 2.22. The fourth-order valence-electron chi connectivity index (χ4n) is 3.78. The highest BCUT2D eigenvalue weighted by Gasteiger charge is 2.31. The molecule has 0 aromatic rings. The van der Waals surface area contributed by atoms with Crippen molar-refractivity contribution in [2.75, 3.05) is 0 Å². The fraction of sp³-hybridized carbons (Fsp3) is 1.00. The zero-order valence-electron chi connectivity index (χ0n) is 13.9. The predicted octanol–water partition coefficient (Wildman–Crippen LogP) is 5.94. The van der Waals surface area contributed by atoms with Crippen LogP contribution < -0.4 is 5.73 Å². The number of unbranched alkanes of at least 4 members (excludes halogenated alkanes) is 1. The molecule has 0 saturated heterocycles. The van der Waals surface area contributed by atoms with Gasteiger partial charge in [-0.15, -0.1) is 0 Å². The fourth-order valence-corrected chi connectivity index (χ4v) is 4.66. The average molecular weight is 393 g/mol. The Morgan fingerprint density at radius 2 is 1.80 bits per heavy atom. The number of halogens is 1. The summed E-state index contributed by atoms with van der Waals surface area (Å²) in [6.07, 6.45) is 13.8. The Kier molecular flexibility index (Phi) is 9.76. The van der Waals surface area contributed by atoms with Crippen LogP contribution in [0.4, 0.5) is 0 Å². The van der Waals surface area contributed by atoms with Crippen molar-refractivity contribution >= 4 is 22.6 Å². The zero-order valence-corrected chi connectivity index (χ0v) is 16.1. The zero-order chi connectivity index (χ0) is 15.0. The van der Waals surface area contributed by atoms with Gasteiger partial charge < -0.3 is 5.73 Å². The van der Waals surface area contributed by atoms with Gasteiger partial charge in [0.15, 0.2) is 0 Å². The summed E-state index contributed by atoms with van der Waals surface area (Å²) in [5.74, 6) is 2.58. The normalized spacial score (nSPS) is 29.6. The smallest absolute Gasteiger partial charge is 0.0110 e. The van der Waals surface area contributed by atoms with E-state index in [-0.39, 0.29) is 0 Å². The van der Waals surface area contributed by atoms with Crippen molar-refractivity contribution in [1.29, 1.82) is 0 Å². The second-order valence-corrected chi connectivity index (χ2v) is 8.82. The molecule has 1 rings (SSSR count). The molecule has 0 bridgehead atoms. The van der Waals surface area contributed by atoms with Crippen LogP contribution in [0.25, 0.3) is 0 Å². The minimum absolute atomic E-state index is 0.487. The Morgan fingerprint density at radius 3 is 2.35 bits per heavy atom. The SMILES string of the molecule is CCCC[C@@H](I)CCC[C@@H](CC)CC1C(N)CC[C@H]1C. The molecule has 0 aromatic heterocycles. The molecule has 0 spiro atoms. The van der Waals surface area contributed by atoms with Crippen molar-refractivity contribution in [2.24, 2.45) is 23.5 Å². The molecule has 20 heavy (non-hydrogen) atoms. The number of hydrogen-bond donors (Lipinski definition) is 1. The van der Waals surface area contributed by atoms with Crippen LogP contribution in [-0.4, -0.2) is 9.97 Å². The van der Waals surface area contributed by atoms with Gasteiger partial charge in [-0.3, -0.25) is 0 Å². The van der Waals surface area contributed by atoms with Crippen molar-refractivity contribution in [3.8, 4) is 0 Å². The highest BCUT2D eigenvalue weighted by molar-refractivity contribution is 14.1. The molecule has 2 heteroatoms. The molecule has 5 atom stereocenters. The van der Waals surface area contributed by atoms with E-state index in [1.165, 1.54) is 64.2 Å². The van der Waals surface area contributed by atoms with E-state index in [2.05, 4.69) is 43.4 Å². The van der Waals surface area contributed by atoms with Crippen LogP contribution in [0.3, 0.4) is 0 Å². The molecule has 1 fully saturated rings. The molecule has 1 nitrogen and oxygen atoms in total. The maximum atomic E-state index is 6.30. The van der Waals surface area contributed by atoms with Gasteiger partial charge in [-0.25, -0.2) is 0 Å². The van der Waals surface area contributed by atoms with E-state index < -0.39 is 0 Å². The first kappa shape index (κ1) is 18.7. The van der Waals surface area contributed by atoms with Crippen molar-refractivity contribution < 1.29 is 0 Å². The van der Waals surface area contributed by atoms with Crippen LogP contribution in [-0.2, 0) is 0 Å². The van der Waals surface area contributed by atoms with E-state index in [0.29, 0.717) is 6.04 Å². The van der Waals surface area contributed by atoms with Crippen LogP contribution in [0.2, 0.25) is 0 Å². The lowest BCUT2D eigenvalue weighted by Crippen LogP contribution is -2.28. The predicted molar refractivity (Wildman–Crippen MR) is 99.4 cm³/mol. The molecule has 0 aliphatic heterocycles. The molecule has 0 heterocycles. The van der Waals surface area contributed by atoms with E-state index in [4.69, 9.17) is 5.73 Å². The molecular weight excluding hydrogens is 357 g/mol. The van der Waals surface area contributed by atoms with E-state index in [0.717, 1.165) is 21.7 Å². The third-order valence-electron chi connectivity index (χ3n) is 5.42. The summed E-state index contributed by atoms with van der Waals surface area (Å²) < 4.78 is 0.901. The molecule has 0 aromatic carbocycles. The maximum Gasteiger partial charge on any atom is 0.0110 e. The monoisotopic (exact) mass is 393 g/mol. The van der Waals surface area contributed by atoms with Gasteiger partial charge in [-0.1, -0.05) is 75.5 Å². The third kappa shape index (κ3) is 6.64. The molecule has 1 aliphatic carbocycles. The second-order valence-electron chi connectivity index (χ2n) is 7.06. The first-order valence-electron chi connectivity index (χ1n) is 8.98. The maximum absolute atomic E-state index is 6.30. The largest absolute Gasteiger partial charge is 0.327 e. The lowest BCUT2D eigenvalue weighted by Gasteiger charge is -2.25. The average Bonchev–Trinajstić information content (AvgIpc) is 2.75. The summed E-state index contributed by atoms with van der Waals surface area (Å²) in [5, 5.41) is 0. The van der Waals surface area contributed by atoms with Crippen molar-refractivity contribution in [3.05, 3.63) is 0 Å². The molecule has 2 unspecified atom stereocenters. The van der Waals surface area contributed by atoms with Crippen molar-refractivity contribution in [3.63, 3.8) is 0 Å². The van der Waals surface area contributed by atoms with Crippen LogP contribution in [0.15, 0.2) is 0 Å². The molecule has 1 aliphatic rings. The van der Waals surface area contributed by atoms with Gasteiger partial charge in [-0.2, -0.15) is 0 Å². The first-order valence-corrected chi connectivity index (χ1v) is 10.2. The summed E-state index contributed by atoms with van der Waals surface area (Å²) in [6.45, 7) is 7.08. The van der Waals surface area contributed by atoms with E-state index in [1.54, 1.807) is 0 Å². The van der Waals surface area contributed by atoms with Crippen LogP contribution in [0.1, 0.15) is 85.0 Å². The Labute approximate surface area is 141 Å². The number of hydrogen-bond acceptors (Lipinski definition) is 1. The van der Waals surface area contributed by atoms with Crippen LogP contribution in [0.5, 0.6) is 0 Å². The quantitative estimate of drug-likeness (QED) is 0.361. The Bertz CT molecular complexity index is 234. The van der Waals surface area contributed by atoms with Crippen molar-refractivity contribution in [2.45, 2.75) is 94.9 Å². The summed E-state index contributed by atoms with van der Waals surface area (Å²) in [5.41, 5.74) is 6.30. The topological polar surface area (TPSA) is 26.0 Å². The third-order valence-corrected chi connectivity index (χ3v) is 6.67. The second kappa shape index (κ2) is 10.4. The Hall–Kier alpha value is 0.690. The first-order chi connectivity index (χ1) is 9.58. The number of alkyl halides is 1. The van der Waals surface area contributed by atoms with E-state index in [1.807, 2.05) is 0 Å². The summed E-state index contributed by atoms with van der Waals surface area (Å²) >= 11 is 2.66.